The number of aromatic nitrogens is 1. The molecule has 12 heteroatoms. The third kappa shape index (κ3) is 6.28. The molecule has 9 nitrogen and oxygen atoms in total. The Kier molecular flexibility index (Phi) is 7.64. The first-order valence-electron chi connectivity index (χ1n) is 9.52. The van der Waals surface area contributed by atoms with E-state index in [4.69, 9.17) is 16.3 Å². The van der Waals surface area contributed by atoms with E-state index in [1.807, 2.05) is 0 Å². The fraction of sp³-hybridized carbons (Fsp3) is 0.368. The van der Waals surface area contributed by atoms with Gasteiger partial charge in [0, 0.05) is 37.2 Å². The molecule has 0 bridgehead atoms. The second-order valence-corrected chi connectivity index (χ2v) is 7.87. The van der Waals surface area contributed by atoms with Gasteiger partial charge in [-0.2, -0.15) is 0 Å². The van der Waals surface area contributed by atoms with Crippen molar-refractivity contribution in [2.75, 3.05) is 43.4 Å². The van der Waals surface area contributed by atoms with Crippen LogP contribution in [-0.2, 0) is 16.0 Å². The molecule has 1 fully saturated rings. The number of nitrogens with zero attached hydrogens (tertiary/aromatic N) is 3. The first kappa shape index (κ1) is 22.8. The highest BCUT2D eigenvalue weighted by molar-refractivity contribution is 7.13. The number of ether oxygens (including phenoxy) is 1. The summed E-state index contributed by atoms with van der Waals surface area (Å²) in [6, 6.07) is 3.58. The van der Waals surface area contributed by atoms with Crippen molar-refractivity contribution in [1.29, 1.82) is 0 Å². The first-order chi connectivity index (χ1) is 14.9. The molecule has 1 aliphatic heterocycles. The molecule has 1 aliphatic rings. The zero-order valence-electron chi connectivity index (χ0n) is 16.7. The van der Waals surface area contributed by atoms with Gasteiger partial charge in [-0.3, -0.25) is 10.1 Å². The van der Waals surface area contributed by atoms with Crippen LogP contribution in [0.15, 0.2) is 23.6 Å². The molecule has 0 unspecified atom stereocenters. The molecule has 31 heavy (non-hydrogen) atoms. The van der Waals surface area contributed by atoms with E-state index in [2.05, 4.69) is 15.6 Å². The lowest BCUT2D eigenvalue weighted by atomic mass is 10.2. The van der Waals surface area contributed by atoms with E-state index in [0.29, 0.717) is 49.3 Å². The molecule has 0 radical (unpaired) electrons. The molecule has 166 valence electrons. The number of piperazine rings is 1. The Morgan fingerprint density at radius 3 is 2.58 bits per heavy atom. The number of carbonyl (C=O) groups is 3. The van der Waals surface area contributed by atoms with Crippen LogP contribution < -0.4 is 10.6 Å². The summed E-state index contributed by atoms with van der Waals surface area (Å²) in [5, 5.41) is 7.28. The summed E-state index contributed by atoms with van der Waals surface area (Å²) in [5.74, 6) is -0.914. The SMILES string of the molecule is CCOC(=O)N1CCN(C(=O)Nc2nc(CC(=O)Nc3ccc(F)c(Cl)c3)cs2)CC1. The molecule has 2 aromatic rings. The van der Waals surface area contributed by atoms with Gasteiger partial charge in [0.05, 0.1) is 23.7 Å². The van der Waals surface area contributed by atoms with Crippen LogP contribution in [0.3, 0.4) is 0 Å². The summed E-state index contributed by atoms with van der Waals surface area (Å²) >= 11 is 6.91. The second-order valence-electron chi connectivity index (χ2n) is 6.60. The molecule has 2 N–H and O–H groups in total. The highest BCUT2D eigenvalue weighted by Gasteiger charge is 2.25. The molecule has 1 aromatic heterocycles. The molecule has 3 rings (SSSR count). The number of rotatable bonds is 5. The lowest BCUT2D eigenvalue weighted by Crippen LogP contribution is -2.51. The third-order valence-electron chi connectivity index (χ3n) is 4.40. The van der Waals surface area contributed by atoms with Crippen LogP contribution in [0.5, 0.6) is 0 Å². The van der Waals surface area contributed by atoms with E-state index in [-0.39, 0.29) is 29.5 Å². The Bertz CT molecular complexity index is 965. The maximum absolute atomic E-state index is 13.2. The van der Waals surface area contributed by atoms with Crippen molar-refractivity contribution in [2.45, 2.75) is 13.3 Å². The van der Waals surface area contributed by atoms with Crippen molar-refractivity contribution in [2.24, 2.45) is 0 Å². The second kappa shape index (κ2) is 10.4. The zero-order chi connectivity index (χ0) is 22.4. The number of urea groups is 1. The number of benzene rings is 1. The van der Waals surface area contributed by atoms with Gasteiger partial charge in [-0.05, 0) is 25.1 Å². The molecule has 0 aliphatic carbocycles. The maximum atomic E-state index is 13.2. The van der Waals surface area contributed by atoms with Gasteiger partial charge >= 0.3 is 12.1 Å². The van der Waals surface area contributed by atoms with Gasteiger partial charge in [0.15, 0.2) is 5.13 Å². The predicted octanol–water partition coefficient (Wildman–Crippen LogP) is 3.42. The molecule has 0 saturated carbocycles. The number of halogens is 2. The quantitative estimate of drug-likeness (QED) is 0.698. The monoisotopic (exact) mass is 469 g/mol. The molecular weight excluding hydrogens is 449 g/mol. The Balaban J connectivity index is 1.47. The first-order valence-corrected chi connectivity index (χ1v) is 10.8. The Morgan fingerprint density at radius 1 is 1.19 bits per heavy atom. The van der Waals surface area contributed by atoms with Crippen molar-refractivity contribution >= 4 is 51.8 Å². The topological polar surface area (TPSA) is 104 Å². The largest absolute Gasteiger partial charge is 0.450 e. The molecule has 1 aromatic carbocycles. The summed E-state index contributed by atoms with van der Waals surface area (Å²) in [5.41, 5.74) is 0.861. The highest BCUT2D eigenvalue weighted by Crippen LogP contribution is 2.20. The summed E-state index contributed by atoms with van der Waals surface area (Å²) in [7, 11) is 0. The fourth-order valence-corrected chi connectivity index (χ4v) is 3.75. The number of carbonyl (C=O) groups excluding carboxylic acids is 3. The summed E-state index contributed by atoms with van der Waals surface area (Å²) < 4.78 is 18.2. The Morgan fingerprint density at radius 2 is 1.90 bits per heavy atom. The van der Waals surface area contributed by atoms with Gasteiger partial charge in [0.25, 0.3) is 0 Å². The fourth-order valence-electron chi connectivity index (χ4n) is 2.87. The van der Waals surface area contributed by atoms with Crippen molar-refractivity contribution in [3.05, 3.63) is 40.1 Å². The van der Waals surface area contributed by atoms with Gasteiger partial charge < -0.3 is 19.9 Å². The Labute approximate surface area is 187 Å². The third-order valence-corrected chi connectivity index (χ3v) is 5.50. The minimum Gasteiger partial charge on any atom is -0.450 e. The van der Waals surface area contributed by atoms with E-state index < -0.39 is 5.82 Å². The van der Waals surface area contributed by atoms with Gasteiger partial charge in [-0.15, -0.1) is 11.3 Å². The smallest absolute Gasteiger partial charge is 0.409 e. The van der Waals surface area contributed by atoms with Gasteiger partial charge in [0.2, 0.25) is 5.91 Å². The van der Waals surface area contributed by atoms with E-state index in [1.165, 1.54) is 29.5 Å². The number of anilines is 2. The standard InChI is InChI=1S/C19H21ClFN5O4S/c1-2-30-19(29)26-7-5-25(6-8-26)18(28)24-17-23-13(11-31-17)10-16(27)22-12-3-4-15(21)14(20)9-12/h3-4,9,11H,2,5-8,10H2,1H3,(H,22,27)(H,23,24,28). The highest BCUT2D eigenvalue weighted by atomic mass is 35.5. The van der Waals surface area contributed by atoms with Crippen LogP contribution in [-0.4, -0.2) is 65.6 Å². The minimum atomic E-state index is -0.568. The van der Waals surface area contributed by atoms with Gasteiger partial charge in [0.1, 0.15) is 5.82 Å². The lowest BCUT2D eigenvalue weighted by molar-refractivity contribution is -0.115. The van der Waals surface area contributed by atoms with Crippen molar-refractivity contribution in [3.8, 4) is 0 Å². The molecule has 1 saturated heterocycles. The van der Waals surface area contributed by atoms with Gasteiger partial charge in [-0.1, -0.05) is 11.6 Å². The van der Waals surface area contributed by atoms with Crippen LogP contribution >= 0.6 is 22.9 Å². The lowest BCUT2D eigenvalue weighted by Gasteiger charge is -2.33. The zero-order valence-corrected chi connectivity index (χ0v) is 18.3. The van der Waals surface area contributed by atoms with Crippen LogP contribution in [0.4, 0.5) is 24.8 Å². The average Bonchev–Trinajstić information content (AvgIpc) is 3.17. The molecule has 2 heterocycles. The number of thiazole rings is 1. The Hall–Kier alpha value is -2.92. The van der Waals surface area contributed by atoms with Crippen LogP contribution in [0.1, 0.15) is 12.6 Å². The van der Waals surface area contributed by atoms with Crippen molar-refractivity contribution < 1.29 is 23.5 Å². The van der Waals surface area contributed by atoms with E-state index >= 15 is 0 Å². The van der Waals surface area contributed by atoms with Crippen LogP contribution in [0.25, 0.3) is 0 Å². The predicted molar refractivity (Wildman–Crippen MR) is 115 cm³/mol. The van der Waals surface area contributed by atoms with Crippen LogP contribution in [0, 0.1) is 5.82 Å². The van der Waals surface area contributed by atoms with Crippen molar-refractivity contribution in [1.82, 2.24) is 14.8 Å². The normalized spacial score (nSPS) is 13.6. The van der Waals surface area contributed by atoms with E-state index in [0.717, 1.165) is 0 Å². The molecule has 0 spiro atoms. The maximum Gasteiger partial charge on any atom is 0.409 e. The average molecular weight is 470 g/mol. The number of hydrogen-bond donors (Lipinski definition) is 2. The summed E-state index contributed by atoms with van der Waals surface area (Å²) in [4.78, 5) is 43.7. The molecule has 4 amide bonds. The van der Waals surface area contributed by atoms with Crippen molar-refractivity contribution in [3.63, 3.8) is 0 Å². The van der Waals surface area contributed by atoms with E-state index in [9.17, 15) is 18.8 Å². The van der Waals surface area contributed by atoms with E-state index in [1.54, 1.807) is 22.1 Å². The number of nitrogens with one attached hydrogen (secondary N) is 2. The minimum absolute atomic E-state index is 0.0143. The summed E-state index contributed by atoms with van der Waals surface area (Å²) in [6.07, 6.45) is -0.396. The molecular formula is C19H21ClFN5O4S. The number of hydrogen-bond acceptors (Lipinski definition) is 6. The number of amides is 4. The molecule has 0 atom stereocenters. The summed E-state index contributed by atoms with van der Waals surface area (Å²) in [6.45, 7) is 3.59. The van der Waals surface area contributed by atoms with Crippen LogP contribution in [0.2, 0.25) is 5.02 Å². The van der Waals surface area contributed by atoms with Gasteiger partial charge in [-0.25, -0.2) is 19.0 Å².